The van der Waals surface area contributed by atoms with Crippen LogP contribution in [0.4, 0.5) is 0 Å². The Hall–Kier alpha value is -5.16. The zero-order valence-corrected chi connectivity index (χ0v) is 32.3. The number of aliphatic hydroxyl groups is 1. The van der Waals surface area contributed by atoms with Gasteiger partial charge in [-0.1, -0.05) is 75.7 Å². The first-order valence-electron chi connectivity index (χ1n) is 18.7. The number of hydrogen-bond acceptors (Lipinski definition) is 12. The number of aryl methyl sites for hydroxylation is 1. The molecule has 0 aliphatic carbocycles. The summed E-state index contributed by atoms with van der Waals surface area (Å²) >= 11 is 0. The first-order chi connectivity index (χ1) is 26.3. The number of benzene rings is 1. The molecule has 0 bridgehead atoms. The molecule has 302 valence electrons. The van der Waals surface area contributed by atoms with E-state index in [-0.39, 0.29) is 30.3 Å². The number of amides is 1. The zero-order chi connectivity index (χ0) is 40.6. The maximum absolute atomic E-state index is 14.0. The summed E-state index contributed by atoms with van der Waals surface area (Å²) in [7, 11) is 1.13. The van der Waals surface area contributed by atoms with Crippen LogP contribution in [0.3, 0.4) is 0 Å². The Morgan fingerprint density at radius 2 is 1.62 bits per heavy atom. The fraction of sp³-hybridized carbons (Fsp3) is 0.561. The van der Waals surface area contributed by atoms with Gasteiger partial charge < -0.3 is 38.6 Å². The van der Waals surface area contributed by atoms with Gasteiger partial charge in [0.1, 0.15) is 24.2 Å². The summed E-state index contributed by atoms with van der Waals surface area (Å²) in [5.41, 5.74) is -2.37. The standard InChI is InChI=1S/C41H55NO13/c1-5-7-9-12-15-18-31(43)19-16-13-10-11-14-17-20-33(41(50,27-36(44)45)39(48)53-28-35-29(3)54-40(49)55-35)37(46)42-34(38(47)51-4)26-30-21-23-32(24-22-30)52-25-8-6-2/h17,20-24,33-34,50H,5,7,9-16,18-19,25-28H2,1-4H3,(H,42,46)(H,44,45)/b20-17+/t33-,34+,41+/m1/s1. The van der Waals surface area contributed by atoms with E-state index in [0.29, 0.717) is 37.0 Å². The van der Waals surface area contributed by atoms with Gasteiger partial charge >= 0.3 is 23.7 Å². The molecule has 0 radical (unpaired) electrons. The summed E-state index contributed by atoms with van der Waals surface area (Å²) in [4.78, 5) is 76.0. The van der Waals surface area contributed by atoms with E-state index in [4.69, 9.17) is 23.0 Å². The normalized spacial score (nSPS) is 13.2. The topological polar surface area (TPSA) is 209 Å². The number of carbonyl (C=O) groups excluding carboxylic acids is 4. The van der Waals surface area contributed by atoms with Gasteiger partial charge in [-0.05, 0) is 57.2 Å². The van der Waals surface area contributed by atoms with Gasteiger partial charge in [-0.3, -0.25) is 14.4 Å². The van der Waals surface area contributed by atoms with Crippen LogP contribution in [0.25, 0.3) is 0 Å². The van der Waals surface area contributed by atoms with E-state index >= 15 is 0 Å². The summed E-state index contributed by atoms with van der Waals surface area (Å²) in [6.07, 6.45) is 11.4. The number of ketones is 1. The highest BCUT2D eigenvalue weighted by atomic mass is 16.6. The SMILES string of the molecule is CC#CCOc1ccc(C[C@H](NC(=O)[C@@H](/C=C/CCCCCCC(=O)CCCCCCC)[C@@](O)(CC(=O)O)C(=O)OCc2oc(=O)oc2C)C(=O)OC)cc1. The van der Waals surface area contributed by atoms with Crippen molar-refractivity contribution in [2.24, 2.45) is 5.92 Å². The lowest BCUT2D eigenvalue weighted by Crippen LogP contribution is -2.56. The van der Waals surface area contributed by atoms with Crippen LogP contribution in [0.5, 0.6) is 5.75 Å². The minimum atomic E-state index is -2.97. The van der Waals surface area contributed by atoms with Crippen LogP contribution >= 0.6 is 0 Å². The smallest absolute Gasteiger partial charge is 0.481 e. The van der Waals surface area contributed by atoms with Crippen LogP contribution < -0.4 is 15.9 Å². The van der Waals surface area contributed by atoms with Crippen LogP contribution in [-0.2, 0) is 46.5 Å². The fourth-order valence-electron chi connectivity index (χ4n) is 5.73. The molecule has 0 aliphatic rings. The summed E-state index contributed by atoms with van der Waals surface area (Å²) in [6.45, 7) is 4.69. The molecule has 0 saturated carbocycles. The first kappa shape index (κ1) is 46.0. The third-order valence-electron chi connectivity index (χ3n) is 8.86. The number of hydrogen-bond donors (Lipinski definition) is 3. The summed E-state index contributed by atoms with van der Waals surface area (Å²) < 4.78 is 25.2. The molecule has 1 amide bonds. The molecule has 3 N–H and O–H groups in total. The van der Waals surface area contributed by atoms with Crippen molar-refractivity contribution in [3.63, 3.8) is 0 Å². The number of esters is 2. The number of aliphatic carboxylic acids is 1. The predicted molar refractivity (Wildman–Crippen MR) is 201 cm³/mol. The van der Waals surface area contributed by atoms with Crippen LogP contribution in [0.15, 0.2) is 50.0 Å². The molecule has 14 nitrogen and oxygen atoms in total. The molecule has 3 atom stereocenters. The number of nitrogens with one attached hydrogen (secondary N) is 1. The van der Waals surface area contributed by atoms with E-state index in [1.54, 1.807) is 37.3 Å². The second-order valence-electron chi connectivity index (χ2n) is 13.2. The third-order valence-corrected chi connectivity index (χ3v) is 8.86. The number of carboxylic acids is 1. The third kappa shape index (κ3) is 16.8. The highest BCUT2D eigenvalue weighted by molar-refractivity contribution is 5.95. The lowest BCUT2D eigenvalue weighted by molar-refractivity contribution is -0.179. The highest BCUT2D eigenvalue weighted by Gasteiger charge is 2.50. The number of carbonyl (C=O) groups is 5. The molecule has 2 rings (SSSR count). The number of carboxylic acid groups (broad SMARTS) is 1. The molecule has 2 aromatic rings. The van der Waals surface area contributed by atoms with Gasteiger partial charge in [0.25, 0.3) is 0 Å². The van der Waals surface area contributed by atoms with E-state index in [1.165, 1.54) is 19.4 Å². The molecule has 0 aliphatic heterocycles. The average Bonchev–Trinajstić information content (AvgIpc) is 3.48. The van der Waals surface area contributed by atoms with Crippen molar-refractivity contribution in [3.8, 4) is 17.6 Å². The molecular formula is C41H55NO13. The van der Waals surface area contributed by atoms with E-state index in [1.807, 2.05) is 0 Å². The van der Waals surface area contributed by atoms with Gasteiger partial charge in [-0.15, -0.1) is 5.92 Å². The lowest BCUT2D eigenvalue weighted by atomic mass is 9.82. The Morgan fingerprint density at radius 3 is 2.20 bits per heavy atom. The predicted octanol–water partition coefficient (Wildman–Crippen LogP) is 5.54. The zero-order valence-electron chi connectivity index (χ0n) is 32.3. The van der Waals surface area contributed by atoms with Crippen molar-refractivity contribution in [1.82, 2.24) is 5.32 Å². The fourth-order valence-corrected chi connectivity index (χ4v) is 5.73. The van der Waals surface area contributed by atoms with Crippen LogP contribution in [0.1, 0.15) is 114 Å². The van der Waals surface area contributed by atoms with E-state index in [0.717, 1.165) is 52.1 Å². The maximum atomic E-state index is 14.0. The van der Waals surface area contributed by atoms with Crippen LogP contribution in [-0.4, -0.2) is 65.2 Å². The van der Waals surface area contributed by atoms with Crippen LogP contribution in [0, 0.1) is 24.7 Å². The van der Waals surface area contributed by atoms with Crippen molar-refractivity contribution in [2.75, 3.05) is 13.7 Å². The Bertz CT molecular complexity index is 1680. The number of ether oxygens (including phenoxy) is 3. The molecule has 55 heavy (non-hydrogen) atoms. The monoisotopic (exact) mass is 769 g/mol. The van der Waals surface area contributed by atoms with Gasteiger partial charge in [0.2, 0.25) is 5.91 Å². The second kappa shape index (κ2) is 25.0. The molecular weight excluding hydrogens is 714 g/mol. The molecule has 0 unspecified atom stereocenters. The Balaban J connectivity index is 2.23. The van der Waals surface area contributed by atoms with Crippen LogP contribution in [0.2, 0.25) is 0 Å². The maximum Gasteiger partial charge on any atom is 0.519 e. The Morgan fingerprint density at radius 1 is 0.964 bits per heavy atom. The van der Waals surface area contributed by atoms with Crippen molar-refractivity contribution in [2.45, 2.75) is 129 Å². The first-order valence-corrected chi connectivity index (χ1v) is 18.7. The van der Waals surface area contributed by atoms with Crippen molar-refractivity contribution >= 4 is 29.6 Å². The van der Waals surface area contributed by atoms with E-state index in [2.05, 4.69) is 24.1 Å². The van der Waals surface area contributed by atoms with Gasteiger partial charge in [-0.2, -0.15) is 0 Å². The number of unbranched alkanes of at least 4 members (excludes halogenated alkanes) is 8. The average molecular weight is 770 g/mol. The molecule has 0 fully saturated rings. The Labute approximate surface area is 322 Å². The largest absolute Gasteiger partial charge is 0.519 e. The molecule has 0 spiro atoms. The van der Waals surface area contributed by atoms with Crippen molar-refractivity contribution in [3.05, 3.63) is 64.1 Å². The number of allylic oxidation sites excluding steroid dienone is 1. The second-order valence-corrected chi connectivity index (χ2v) is 13.2. The Kier molecular flexibility index (Phi) is 20.9. The summed E-state index contributed by atoms with van der Waals surface area (Å²) in [5, 5.41) is 24.0. The quantitative estimate of drug-likeness (QED) is 0.0442. The number of rotatable bonds is 27. The summed E-state index contributed by atoms with van der Waals surface area (Å²) in [5.74, 6) is -1.80. The summed E-state index contributed by atoms with van der Waals surface area (Å²) in [6, 6.07) is 5.36. The van der Waals surface area contributed by atoms with Gasteiger partial charge in [0.05, 0.1) is 19.4 Å². The molecule has 1 aromatic heterocycles. The molecule has 0 saturated heterocycles. The number of methoxy groups -OCH3 is 1. The highest BCUT2D eigenvalue weighted by Crippen LogP contribution is 2.28. The molecule has 1 heterocycles. The van der Waals surface area contributed by atoms with Gasteiger partial charge in [-0.25, -0.2) is 14.4 Å². The minimum Gasteiger partial charge on any atom is -0.481 e. The number of Topliss-reactive ketones (excluding diaryl/α,β-unsaturated/α-hetero) is 1. The molecule has 1 aromatic carbocycles. The van der Waals surface area contributed by atoms with Gasteiger partial charge in [0, 0.05) is 19.3 Å². The van der Waals surface area contributed by atoms with E-state index < -0.39 is 60.2 Å². The van der Waals surface area contributed by atoms with Crippen molar-refractivity contribution in [1.29, 1.82) is 0 Å². The molecule has 14 heteroatoms. The van der Waals surface area contributed by atoms with Gasteiger partial charge in [0.15, 0.2) is 23.7 Å². The minimum absolute atomic E-state index is 0.00399. The lowest BCUT2D eigenvalue weighted by Gasteiger charge is -2.31. The van der Waals surface area contributed by atoms with E-state index in [9.17, 15) is 39.0 Å². The van der Waals surface area contributed by atoms with Crippen molar-refractivity contribution < 1.29 is 57.2 Å².